The summed E-state index contributed by atoms with van der Waals surface area (Å²) in [6.07, 6.45) is 4.36. The zero-order valence-corrected chi connectivity index (χ0v) is 11.2. The average molecular weight is 241 g/mol. The molecule has 3 nitrogen and oxygen atoms in total. The topological polar surface area (TPSA) is 30.7 Å². The fraction of sp³-hybridized carbons (Fsp3) is 0.467. The molecule has 94 valence electrons. The average Bonchev–Trinajstić information content (AvgIpc) is 3.06. The Morgan fingerprint density at radius 1 is 1.11 bits per heavy atom. The maximum atomic E-state index is 4.25. The van der Waals surface area contributed by atoms with Crippen LogP contribution in [-0.4, -0.2) is 14.8 Å². The van der Waals surface area contributed by atoms with E-state index in [0.717, 1.165) is 11.4 Å². The second-order valence-electron chi connectivity index (χ2n) is 6.12. The molecule has 0 bridgehead atoms. The molecule has 0 spiro atoms. The van der Waals surface area contributed by atoms with E-state index in [4.69, 9.17) is 0 Å². The fourth-order valence-corrected chi connectivity index (χ4v) is 2.19. The van der Waals surface area contributed by atoms with Crippen LogP contribution in [-0.2, 0) is 5.41 Å². The third-order valence-corrected chi connectivity index (χ3v) is 3.52. The van der Waals surface area contributed by atoms with Crippen LogP contribution in [0, 0.1) is 0 Å². The molecule has 1 fully saturated rings. The van der Waals surface area contributed by atoms with Gasteiger partial charge in [0.05, 0.1) is 0 Å². The van der Waals surface area contributed by atoms with Crippen molar-refractivity contribution in [3.8, 4) is 11.4 Å². The number of benzene rings is 1. The van der Waals surface area contributed by atoms with Crippen LogP contribution in [0.1, 0.15) is 45.2 Å². The largest absolute Gasteiger partial charge is 0.310 e. The summed E-state index contributed by atoms with van der Waals surface area (Å²) >= 11 is 0. The van der Waals surface area contributed by atoms with E-state index in [1.165, 1.54) is 18.4 Å². The number of hydrogen-bond acceptors (Lipinski definition) is 2. The predicted octanol–water partition coefficient (Wildman–Crippen LogP) is 3.58. The van der Waals surface area contributed by atoms with Crippen molar-refractivity contribution < 1.29 is 0 Å². The van der Waals surface area contributed by atoms with Crippen LogP contribution in [0.15, 0.2) is 30.6 Å². The van der Waals surface area contributed by atoms with Crippen molar-refractivity contribution in [1.82, 2.24) is 14.8 Å². The molecule has 1 saturated carbocycles. The SMILES string of the molecule is CC(C)(C)c1ccc(-c2nncn2C2CC2)cc1. The van der Waals surface area contributed by atoms with E-state index in [-0.39, 0.29) is 5.41 Å². The minimum Gasteiger partial charge on any atom is -0.310 e. The molecular weight excluding hydrogens is 222 g/mol. The van der Waals surface area contributed by atoms with Gasteiger partial charge in [0.2, 0.25) is 0 Å². The highest BCUT2D eigenvalue weighted by molar-refractivity contribution is 5.56. The lowest BCUT2D eigenvalue weighted by Crippen LogP contribution is -2.10. The molecule has 1 aromatic heterocycles. The third kappa shape index (κ3) is 2.05. The highest BCUT2D eigenvalue weighted by atomic mass is 15.3. The molecule has 0 saturated heterocycles. The first-order chi connectivity index (χ1) is 8.55. The lowest BCUT2D eigenvalue weighted by atomic mass is 9.87. The molecule has 0 aliphatic heterocycles. The minimum absolute atomic E-state index is 0.197. The van der Waals surface area contributed by atoms with Gasteiger partial charge in [-0.15, -0.1) is 10.2 Å². The molecule has 0 amide bonds. The van der Waals surface area contributed by atoms with Crippen LogP contribution in [0.3, 0.4) is 0 Å². The minimum atomic E-state index is 0.197. The standard InChI is InChI=1S/C15H19N3/c1-15(2,3)12-6-4-11(5-7-12)14-17-16-10-18(14)13-8-9-13/h4-7,10,13H,8-9H2,1-3H3. The van der Waals surface area contributed by atoms with Gasteiger partial charge in [-0.2, -0.15) is 0 Å². The van der Waals surface area contributed by atoms with E-state index in [1.807, 2.05) is 6.33 Å². The van der Waals surface area contributed by atoms with Crippen LogP contribution in [0.2, 0.25) is 0 Å². The second-order valence-corrected chi connectivity index (χ2v) is 6.12. The van der Waals surface area contributed by atoms with Gasteiger partial charge in [0, 0.05) is 11.6 Å². The van der Waals surface area contributed by atoms with E-state index < -0.39 is 0 Å². The summed E-state index contributed by atoms with van der Waals surface area (Å²) in [4.78, 5) is 0. The number of aromatic nitrogens is 3. The zero-order chi connectivity index (χ0) is 12.8. The molecule has 0 unspecified atom stereocenters. The Balaban J connectivity index is 1.95. The molecule has 1 aliphatic carbocycles. The maximum absolute atomic E-state index is 4.25. The highest BCUT2D eigenvalue weighted by Crippen LogP contribution is 2.37. The van der Waals surface area contributed by atoms with Crippen LogP contribution in [0.4, 0.5) is 0 Å². The lowest BCUT2D eigenvalue weighted by Gasteiger charge is -2.19. The molecule has 1 heterocycles. The molecule has 0 radical (unpaired) electrons. The zero-order valence-electron chi connectivity index (χ0n) is 11.2. The van der Waals surface area contributed by atoms with Gasteiger partial charge in [0.25, 0.3) is 0 Å². The van der Waals surface area contributed by atoms with Gasteiger partial charge < -0.3 is 4.57 Å². The first-order valence-corrected chi connectivity index (χ1v) is 6.56. The quantitative estimate of drug-likeness (QED) is 0.804. The van der Waals surface area contributed by atoms with Gasteiger partial charge in [-0.05, 0) is 23.8 Å². The van der Waals surface area contributed by atoms with Crippen LogP contribution >= 0.6 is 0 Å². The molecular formula is C15H19N3. The molecule has 3 heteroatoms. The summed E-state index contributed by atoms with van der Waals surface area (Å²) in [5.74, 6) is 0.998. The molecule has 2 aromatic rings. The number of hydrogen-bond donors (Lipinski definition) is 0. The summed E-state index contributed by atoms with van der Waals surface area (Å²) in [6, 6.07) is 9.33. The third-order valence-electron chi connectivity index (χ3n) is 3.52. The Hall–Kier alpha value is -1.64. The first-order valence-electron chi connectivity index (χ1n) is 6.56. The monoisotopic (exact) mass is 241 g/mol. The van der Waals surface area contributed by atoms with E-state index in [9.17, 15) is 0 Å². The Morgan fingerprint density at radius 3 is 2.33 bits per heavy atom. The Kier molecular flexibility index (Phi) is 2.51. The Morgan fingerprint density at radius 2 is 1.78 bits per heavy atom. The van der Waals surface area contributed by atoms with Crippen molar-refractivity contribution in [3.63, 3.8) is 0 Å². The lowest BCUT2D eigenvalue weighted by molar-refractivity contribution is 0.590. The van der Waals surface area contributed by atoms with E-state index in [0.29, 0.717) is 6.04 Å². The molecule has 0 N–H and O–H groups in total. The summed E-state index contributed by atoms with van der Waals surface area (Å²) in [7, 11) is 0. The Bertz CT molecular complexity index is 542. The van der Waals surface area contributed by atoms with E-state index in [1.54, 1.807) is 0 Å². The second kappa shape index (κ2) is 3.94. The summed E-state index contributed by atoms with van der Waals surface area (Å²) in [5.41, 5.74) is 2.71. The van der Waals surface area contributed by atoms with Gasteiger partial charge in [-0.1, -0.05) is 45.0 Å². The van der Waals surface area contributed by atoms with Crippen molar-refractivity contribution >= 4 is 0 Å². The van der Waals surface area contributed by atoms with Crippen molar-refractivity contribution in [1.29, 1.82) is 0 Å². The maximum Gasteiger partial charge on any atom is 0.163 e. The van der Waals surface area contributed by atoms with Crippen LogP contribution < -0.4 is 0 Å². The smallest absolute Gasteiger partial charge is 0.163 e. The molecule has 1 aromatic carbocycles. The van der Waals surface area contributed by atoms with Gasteiger partial charge in [0.15, 0.2) is 5.82 Å². The van der Waals surface area contributed by atoms with Gasteiger partial charge in [0.1, 0.15) is 6.33 Å². The van der Waals surface area contributed by atoms with Crippen LogP contribution in [0.25, 0.3) is 11.4 Å². The Labute approximate surface area is 108 Å². The number of nitrogens with zero attached hydrogens (tertiary/aromatic N) is 3. The highest BCUT2D eigenvalue weighted by Gasteiger charge is 2.26. The van der Waals surface area contributed by atoms with Gasteiger partial charge in [-0.25, -0.2) is 0 Å². The normalized spacial score (nSPS) is 15.9. The fourth-order valence-electron chi connectivity index (χ4n) is 2.19. The van der Waals surface area contributed by atoms with Gasteiger partial charge in [-0.3, -0.25) is 0 Å². The van der Waals surface area contributed by atoms with Crippen molar-refractivity contribution in [2.75, 3.05) is 0 Å². The van der Waals surface area contributed by atoms with Crippen molar-refractivity contribution in [2.45, 2.75) is 45.1 Å². The predicted molar refractivity (Wildman–Crippen MR) is 72.4 cm³/mol. The number of rotatable bonds is 2. The summed E-state index contributed by atoms with van der Waals surface area (Å²) < 4.78 is 2.20. The molecule has 3 rings (SSSR count). The summed E-state index contributed by atoms with van der Waals surface area (Å²) in [6.45, 7) is 6.69. The van der Waals surface area contributed by atoms with Crippen molar-refractivity contribution in [3.05, 3.63) is 36.2 Å². The molecule has 1 aliphatic rings. The molecule has 18 heavy (non-hydrogen) atoms. The summed E-state index contributed by atoms with van der Waals surface area (Å²) in [5, 5.41) is 8.30. The van der Waals surface area contributed by atoms with Gasteiger partial charge >= 0.3 is 0 Å². The molecule has 0 atom stereocenters. The van der Waals surface area contributed by atoms with Crippen molar-refractivity contribution in [2.24, 2.45) is 0 Å². The van der Waals surface area contributed by atoms with E-state index >= 15 is 0 Å². The van der Waals surface area contributed by atoms with Crippen LogP contribution in [0.5, 0.6) is 0 Å². The first kappa shape index (κ1) is 11.5. The van der Waals surface area contributed by atoms with E-state index in [2.05, 4.69) is 59.8 Å².